The molecule has 1 unspecified atom stereocenters. The Bertz CT molecular complexity index is 655. The number of benzene rings is 1. The van der Waals surface area contributed by atoms with Gasteiger partial charge in [-0.2, -0.15) is 5.10 Å². The van der Waals surface area contributed by atoms with Gasteiger partial charge in [-0.3, -0.25) is 4.90 Å². The van der Waals surface area contributed by atoms with Crippen LogP contribution in [0, 0.1) is 13.8 Å². The van der Waals surface area contributed by atoms with Crippen molar-refractivity contribution in [3.63, 3.8) is 0 Å². The molecule has 1 aliphatic carbocycles. The van der Waals surface area contributed by atoms with E-state index in [-0.39, 0.29) is 0 Å². The zero-order chi connectivity index (χ0) is 15.5. The Morgan fingerprint density at radius 2 is 2.00 bits per heavy atom. The third-order valence-electron chi connectivity index (χ3n) is 4.64. The van der Waals surface area contributed by atoms with Crippen LogP contribution < -0.4 is 0 Å². The van der Waals surface area contributed by atoms with E-state index in [1.807, 2.05) is 6.07 Å². The largest absolute Gasteiger partial charge is 0.296 e. The fourth-order valence-corrected chi connectivity index (χ4v) is 3.25. The molecule has 0 amide bonds. The molecule has 1 aliphatic rings. The molecule has 3 nitrogen and oxygen atoms in total. The predicted molar refractivity (Wildman–Crippen MR) is 91.3 cm³/mol. The van der Waals surface area contributed by atoms with Crippen LogP contribution in [-0.2, 0) is 6.54 Å². The highest BCUT2D eigenvalue weighted by Gasteiger charge is 2.19. The Morgan fingerprint density at radius 3 is 2.68 bits per heavy atom. The zero-order valence-electron chi connectivity index (χ0n) is 13.8. The first-order valence-electron chi connectivity index (χ1n) is 8.14. The third kappa shape index (κ3) is 3.00. The first kappa shape index (κ1) is 15.0. The van der Waals surface area contributed by atoms with E-state index in [4.69, 9.17) is 5.10 Å². The number of aromatic nitrogens is 2. The molecule has 0 aliphatic heterocycles. The van der Waals surface area contributed by atoms with E-state index in [9.17, 15) is 0 Å². The monoisotopic (exact) mass is 295 g/mol. The lowest BCUT2D eigenvalue weighted by Gasteiger charge is -2.27. The third-order valence-corrected chi connectivity index (χ3v) is 4.64. The van der Waals surface area contributed by atoms with Crippen molar-refractivity contribution in [1.82, 2.24) is 14.7 Å². The average molecular weight is 295 g/mol. The summed E-state index contributed by atoms with van der Waals surface area (Å²) in [5.74, 6) is 0. The molecule has 0 saturated heterocycles. The summed E-state index contributed by atoms with van der Waals surface area (Å²) in [6.45, 7) is 5.25. The van der Waals surface area contributed by atoms with Crippen LogP contribution >= 0.6 is 0 Å². The lowest BCUT2D eigenvalue weighted by Crippen LogP contribution is -2.31. The number of hydrogen-bond acceptors (Lipinski definition) is 2. The Hall–Kier alpha value is -1.87. The van der Waals surface area contributed by atoms with Crippen molar-refractivity contribution in [1.29, 1.82) is 0 Å². The van der Waals surface area contributed by atoms with Crippen LogP contribution in [0.1, 0.15) is 36.2 Å². The van der Waals surface area contributed by atoms with Crippen molar-refractivity contribution in [2.75, 3.05) is 7.05 Å². The molecule has 3 rings (SSSR count). The Labute approximate surface area is 133 Å². The molecule has 2 aromatic rings. The molecule has 0 fully saturated rings. The van der Waals surface area contributed by atoms with E-state index in [2.05, 4.69) is 66.9 Å². The maximum atomic E-state index is 4.75. The number of hydrogen-bond donors (Lipinski definition) is 0. The molecule has 1 aromatic carbocycles. The first-order chi connectivity index (χ1) is 10.7. The van der Waals surface area contributed by atoms with Crippen LogP contribution in [0.5, 0.6) is 0 Å². The van der Waals surface area contributed by atoms with Crippen LogP contribution in [0.15, 0.2) is 42.5 Å². The van der Waals surface area contributed by atoms with Gasteiger partial charge in [0.25, 0.3) is 0 Å². The molecule has 1 heterocycles. The van der Waals surface area contributed by atoms with Gasteiger partial charge in [0.2, 0.25) is 0 Å². The van der Waals surface area contributed by atoms with Crippen LogP contribution in [0.2, 0.25) is 0 Å². The zero-order valence-corrected chi connectivity index (χ0v) is 13.8. The minimum Gasteiger partial charge on any atom is -0.296 e. The van der Waals surface area contributed by atoms with Crippen LogP contribution in [0.4, 0.5) is 0 Å². The van der Waals surface area contributed by atoms with Gasteiger partial charge in [-0.25, -0.2) is 4.68 Å². The van der Waals surface area contributed by atoms with Gasteiger partial charge in [0.05, 0.1) is 11.4 Å². The summed E-state index contributed by atoms with van der Waals surface area (Å²) in [4.78, 5) is 2.45. The maximum absolute atomic E-state index is 4.75. The highest BCUT2D eigenvalue weighted by atomic mass is 15.3. The van der Waals surface area contributed by atoms with Crippen molar-refractivity contribution in [2.45, 2.75) is 45.7 Å². The molecule has 0 spiro atoms. The van der Waals surface area contributed by atoms with E-state index in [1.54, 1.807) is 0 Å². The minimum absolute atomic E-state index is 0.563. The molecular weight excluding hydrogens is 270 g/mol. The summed E-state index contributed by atoms with van der Waals surface area (Å²) in [5, 5.41) is 4.75. The summed E-state index contributed by atoms with van der Waals surface area (Å²) in [5.41, 5.74) is 4.86. The first-order valence-corrected chi connectivity index (χ1v) is 8.14. The number of nitrogens with zero attached hydrogens (tertiary/aromatic N) is 3. The second-order valence-electron chi connectivity index (χ2n) is 6.24. The molecule has 116 valence electrons. The summed E-state index contributed by atoms with van der Waals surface area (Å²) >= 11 is 0. The highest BCUT2D eigenvalue weighted by Crippen LogP contribution is 2.22. The van der Waals surface area contributed by atoms with Gasteiger partial charge in [0.1, 0.15) is 0 Å². The molecule has 22 heavy (non-hydrogen) atoms. The number of para-hydroxylation sites is 1. The second kappa shape index (κ2) is 6.49. The van der Waals surface area contributed by atoms with Crippen molar-refractivity contribution < 1.29 is 0 Å². The fourth-order valence-electron chi connectivity index (χ4n) is 3.25. The number of aryl methyl sites for hydroxylation is 1. The lowest BCUT2D eigenvalue weighted by molar-refractivity contribution is 0.253. The normalized spacial score (nSPS) is 18.1. The number of allylic oxidation sites excluding steroid dienone is 1. The van der Waals surface area contributed by atoms with Gasteiger partial charge < -0.3 is 0 Å². The van der Waals surface area contributed by atoms with Gasteiger partial charge in [-0.15, -0.1) is 0 Å². The highest BCUT2D eigenvalue weighted by molar-refractivity contribution is 5.36. The van der Waals surface area contributed by atoms with E-state index in [1.165, 1.54) is 30.5 Å². The quantitative estimate of drug-likeness (QED) is 0.794. The summed E-state index contributed by atoms with van der Waals surface area (Å²) in [6.07, 6.45) is 8.46. The minimum atomic E-state index is 0.563. The molecule has 1 atom stereocenters. The summed E-state index contributed by atoms with van der Waals surface area (Å²) in [7, 11) is 2.22. The lowest BCUT2D eigenvalue weighted by atomic mass is 10.0. The standard InChI is InChI=1S/C19H25N3/c1-15-19(14-21(3)17-10-6-4-7-11-17)16(2)22(20-15)18-12-8-5-9-13-18/h5-6,8-10,12-13,17H,4,7,11,14H2,1-3H3. The molecule has 0 saturated carbocycles. The molecular formula is C19H25N3. The number of likely N-dealkylation sites (N-methyl/N-ethyl adjacent to an activating group) is 1. The predicted octanol–water partition coefficient (Wildman–Crippen LogP) is 4.03. The van der Waals surface area contributed by atoms with Crippen LogP contribution in [0.25, 0.3) is 5.69 Å². The van der Waals surface area contributed by atoms with E-state index < -0.39 is 0 Å². The molecule has 0 N–H and O–H groups in total. The average Bonchev–Trinajstić information content (AvgIpc) is 2.84. The van der Waals surface area contributed by atoms with Crippen LogP contribution in [0.3, 0.4) is 0 Å². The van der Waals surface area contributed by atoms with Crippen molar-refractivity contribution >= 4 is 0 Å². The Kier molecular flexibility index (Phi) is 4.44. The van der Waals surface area contributed by atoms with E-state index in [0.717, 1.165) is 17.9 Å². The summed E-state index contributed by atoms with van der Waals surface area (Å²) < 4.78 is 2.06. The smallest absolute Gasteiger partial charge is 0.0648 e. The van der Waals surface area contributed by atoms with Gasteiger partial charge in [-0.1, -0.05) is 30.4 Å². The number of rotatable bonds is 4. The van der Waals surface area contributed by atoms with Crippen molar-refractivity contribution in [2.24, 2.45) is 0 Å². The molecule has 1 aromatic heterocycles. The fraction of sp³-hybridized carbons (Fsp3) is 0.421. The summed E-state index contributed by atoms with van der Waals surface area (Å²) in [6, 6.07) is 10.9. The topological polar surface area (TPSA) is 21.1 Å². The van der Waals surface area contributed by atoms with Gasteiger partial charge in [0, 0.05) is 23.8 Å². The van der Waals surface area contributed by atoms with E-state index in [0.29, 0.717) is 6.04 Å². The van der Waals surface area contributed by atoms with Crippen molar-refractivity contribution in [3.05, 3.63) is 59.4 Å². The Balaban J connectivity index is 1.84. The SMILES string of the molecule is Cc1nn(-c2ccccc2)c(C)c1CN(C)C1C=CCCC1. The van der Waals surface area contributed by atoms with Gasteiger partial charge >= 0.3 is 0 Å². The van der Waals surface area contributed by atoms with Crippen LogP contribution in [-0.4, -0.2) is 27.8 Å². The molecule has 0 radical (unpaired) electrons. The molecule has 3 heteroatoms. The Morgan fingerprint density at radius 1 is 1.23 bits per heavy atom. The van der Waals surface area contributed by atoms with Gasteiger partial charge in [-0.05, 0) is 52.3 Å². The van der Waals surface area contributed by atoms with Crippen molar-refractivity contribution in [3.8, 4) is 5.69 Å². The maximum Gasteiger partial charge on any atom is 0.0648 e. The second-order valence-corrected chi connectivity index (χ2v) is 6.24. The van der Waals surface area contributed by atoms with Gasteiger partial charge in [0.15, 0.2) is 0 Å². The molecule has 0 bridgehead atoms. The van der Waals surface area contributed by atoms with E-state index >= 15 is 0 Å².